The van der Waals surface area contributed by atoms with Gasteiger partial charge in [-0.25, -0.2) is 4.68 Å². The van der Waals surface area contributed by atoms with Gasteiger partial charge in [-0.1, -0.05) is 17.7 Å². The molecule has 1 aromatic heterocycles. The first-order chi connectivity index (χ1) is 13.6. The molecule has 28 heavy (non-hydrogen) atoms. The Morgan fingerprint density at radius 3 is 2.61 bits per heavy atom. The summed E-state index contributed by atoms with van der Waals surface area (Å²) in [5, 5.41) is 8.69. The lowest BCUT2D eigenvalue weighted by Crippen LogP contribution is -2.08. The summed E-state index contributed by atoms with van der Waals surface area (Å²) in [6.07, 6.45) is 3.27. The predicted octanol–water partition coefficient (Wildman–Crippen LogP) is 4.92. The van der Waals surface area contributed by atoms with Crippen LogP contribution < -0.4 is 14.8 Å². The Balaban J connectivity index is 1.96. The van der Waals surface area contributed by atoms with Gasteiger partial charge in [-0.05, 0) is 62.9 Å². The van der Waals surface area contributed by atoms with Crippen molar-refractivity contribution >= 4 is 5.82 Å². The van der Waals surface area contributed by atoms with Crippen LogP contribution in [0.5, 0.6) is 11.5 Å². The second-order valence-electron chi connectivity index (χ2n) is 7.33. The molecule has 3 aromatic rings. The van der Waals surface area contributed by atoms with Crippen molar-refractivity contribution in [1.82, 2.24) is 9.78 Å². The number of nitrogens with one attached hydrogen (secondary N) is 1. The van der Waals surface area contributed by atoms with E-state index in [0.29, 0.717) is 0 Å². The minimum absolute atomic E-state index is 0.798. The number of fused-ring (bicyclic) bond motifs is 1. The fourth-order valence-corrected chi connectivity index (χ4v) is 3.94. The highest BCUT2D eigenvalue weighted by Crippen LogP contribution is 2.40. The lowest BCUT2D eigenvalue weighted by Gasteiger charge is -2.12. The van der Waals surface area contributed by atoms with Crippen LogP contribution in [0.3, 0.4) is 0 Å². The largest absolute Gasteiger partial charge is 0.497 e. The maximum atomic E-state index is 5.65. The van der Waals surface area contributed by atoms with Crippen molar-refractivity contribution in [2.24, 2.45) is 0 Å². The third kappa shape index (κ3) is 3.21. The molecule has 4 rings (SSSR count). The molecule has 2 aromatic carbocycles. The van der Waals surface area contributed by atoms with Crippen LogP contribution >= 0.6 is 0 Å². The summed E-state index contributed by atoms with van der Waals surface area (Å²) in [6, 6.07) is 12.4. The molecule has 0 atom stereocenters. The van der Waals surface area contributed by atoms with E-state index in [1.807, 2.05) is 18.2 Å². The number of methoxy groups -OCH3 is 2. The van der Waals surface area contributed by atoms with E-state index >= 15 is 0 Å². The van der Waals surface area contributed by atoms with E-state index in [1.54, 1.807) is 14.2 Å². The maximum absolute atomic E-state index is 5.65. The summed E-state index contributed by atoms with van der Waals surface area (Å²) in [6.45, 7) is 5.21. The Bertz CT molecular complexity index is 1010. The number of aryl methyl sites for hydroxylation is 2. The number of anilines is 1. The standard InChI is InChI=1S/C23H27N3O2/c1-15-8-10-20(16(2)13-15)26-23-18(7-5-6-12-24-23)22(25-26)19-14-17(27-3)9-11-21(19)28-4/h8-11,13-14,24H,5-7,12H2,1-4H3. The van der Waals surface area contributed by atoms with E-state index in [1.165, 1.54) is 16.7 Å². The number of benzene rings is 2. The average molecular weight is 377 g/mol. The molecule has 1 aliphatic rings. The molecule has 0 saturated carbocycles. The second-order valence-corrected chi connectivity index (χ2v) is 7.33. The van der Waals surface area contributed by atoms with Crippen LogP contribution in [0.15, 0.2) is 36.4 Å². The quantitative estimate of drug-likeness (QED) is 0.701. The van der Waals surface area contributed by atoms with Crippen LogP contribution in [-0.2, 0) is 6.42 Å². The van der Waals surface area contributed by atoms with Gasteiger partial charge >= 0.3 is 0 Å². The molecule has 1 aliphatic heterocycles. The minimum Gasteiger partial charge on any atom is -0.497 e. The van der Waals surface area contributed by atoms with Crippen molar-refractivity contribution < 1.29 is 9.47 Å². The molecule has 0 radical (unpaired) electrons. The second kappa shape index (κ2) is 7.58. The highest BCUT2D eigenvalue weighted by molar-refractivity contribution is 5.77. The normalized spacial score (nSPS) is 13.4. The molecule has 0 amide bonds. The lowest BCUT2D eigenvalue weighted by molar-refractivity contribution is 0.404. The van der Waals surface area contributed by atoms with Gasteiger partial charge in [-0.15, -0.1) is 0 Å². The Hall–Kier alpha value is -2.95. The van der Waals surface area contributed by atoms with Crippen LogP contribution in [0, 0.1) is 13.8 Å². The van der Waals surface area contributed by atoms with Crippen molar-refractivity contribution in [3.8, 4) is 28.4 Å². The van der Waals surface area contributed by atoms with E-state index in [4.69, 9.17) is 14.6 Å². The maximum Gasteiger partial charge on any atom is 0.133 e. The van der Waals surface area contributed by atoms with Gasteiger partial charge in [0.2, 0.25) is 0 Å². The first-order valence-electron chi connectivity index (χ1n) is 9.78. The summed E-state index contributed by atoms with van der Waals surface area (Å²) in [4.78, 5) is 0. The van der Waals surface area contributed by atoms with E-state index in [9.17, 15) is 0 Å². The summed E-state index contributed by atoms with van der Waals surface area (Å²) < 4.78 is 13.2. The molecule has 0 saturated heterocycles. The molecule has 0 bridgehead atoms. The predicted molar refractivity (Wildman–Crippen MR) is 113 cm³/mol. The van der Waals surface area contributed by atoms with Gasteiger partial charge in [0, 0.05) is 17.7 Å². The van der Waals surface area contributed by atoms with Gasteiger partial charge in [0.05, 0.1) is 19.9 Å². The third-order valence-corrected chi connectivity index (χ3v) is 5.37. The highest BCUT2D eigenvalue weighted by atomic mass is 16.5. The third-order valence-electron chi connectivity index (χ3n) is 5.37. The summed E-state index contributed by atoms with van der Waals surface area (Å²) in [5.41, 5.74) is 6.72. The van der Waals surface area contributed by atoms with E-state index < -0.39 is 0 Å². The topological polar surface area (TPSA) is 48.3 Å². The first kappa shape index (κ1) is 18.4. The molecule has 0 aliphatic carbocycles. The zero-order valence-corrected chi connectivity index (χ0v) is 17.0. The zero-order valence-electron chi connectivity index (χ0n) is 17.0. The van der Waals surface area contributed by atoms with Crippen molar-refractivity contribution in [3.05, 3.63) is 53.1 Å². The van der Waals surface area contributed by atoms with Gasteiger partial charge < -0.3 is 14.8 Å². The lowest BCUT2D eigenvalue weighted by atomic mass is 10.0. The summed E-state index contributed by atoms with van der Waals surface area (Å²) in [7, 11) is 3.38. The zero-order chi connectivity index (χ0) is 19.7. The summed E-state index contributed by atoms with van der Waals surface area (Å²) in [5.74, 6) is 2.69. The number of hydrogen-bond donors (Lipinski definition) is 1. The minimum atomic E-state index is 0.798. The monoisotopic (exact) mass is 377 g/mol. The first-order valence-corrected chi connectivity index (χ1v) is 9.78. The van der Waals surface area contributed by atoms with Gasteiger partial charge in [-0.3, -0.25) is 0 Å². The molecule has 1 N–H and O–H groups in total. The number of hydrogen-bond acceptors (Lipinski definition) is 4. The van der Waals surface area contributed by atoms with Gasteiger partial charge in [0.15, 0.2) is 0 Å². The fourth-order valence-electron chi connectivity index (χ4n) is 3.94. The van der Waals surface area contributed by atoms with Crippen molar-refractivity contribution in [2.75, 3.05) is 26.1 Å². The molecular formula is C23H27N3O2. The van der Waals surface area contributed by atoms with Crippen LogP contribution in [0.4, 0.5) is 5.82 Å². The molecule has 0 unspecified atom stereocenters. The molecule has 146 valence electrons. The van der Waals surface area contributed by atoms with Gasteiger partial charge in [0.25, 0.3) is 0 Å². The van der Waals surface area contributed by atoms with Crippen molar-refractivity contribution in [1.29, 1.82) is 0 Å². The molecular weight excluding hydrogens is 350 g/mol. The molecule has 0 fully saturated rings. The van der Waals surface area contributed by atoms with Gasteiger partial charge in [0.1, 0.15) is 23.0 Å². The van der Waals surface area contributed by atoms with Crippen LogP contribution in [0.1, 0.15) is 29.5 Å². The number of aromatic nitrogens is 2. The Morgan fingerprint density at radius 2 is 1.86 bits per heavy atom. The Labute approximate surface area is 166 Å². The smallest absolute Gasteiger partial charge is 0.133 e. The number of nitrogens with zero attached hydrogens (tertiary/aromatic N) is 2. The molecule has 5 nitrogen and oxygen atoms in total. The van der Waals surface area contributed by atoms with Gasteiger partial charge in [-0.2, -0.15) is 5.10 Å². The molecule has 2 heterocycles. The van der Waals surface area contributed by atoms with E-state index in [0.717, 1.165) is 60.1 Å². The highest BCUT2D eigenvalue weighted by Gasteiger charge is 2.24. The number of rotatable bonds is 4. The van der Waals surface area contributed by atoms with Crippen molar-refractivity contribution in [3.63, 3.8) is 0 Å². The molecule has 5 heteroatoms. The molecule has 0 spiro atoms. The van der Waals surface area contributed by atoms with Crippen LogP contribution in [0.25, 0.3) is 16.9 Å². The fraction of sp³-hybridized carbons (Fsp3) is 0.348. The number of ether oxygens (including phenoxy) is 2. The van der Waals surface area contributed by atoms with E-state index in [-0.39, 0.29) is 0 Å². The summed E-state index contributed by atoms with van der Waals surface area (Å²) >= 11 is 0. The Kier molecular flexibility index (Phi) is 4.99. The average Bonchev–Trinajstić information content (AvgIpc) is 2.88. The SMILES string of the molecule is COc1ccc(OC)c(-c2nn(-c3ccc(C)cc3C)c3c2CCCCN3)c1. The van der Waals surface area contributed by atoms with Crippen LogP contribution in [-0.4, -0.2) is 30.5 Å². The van der Waals surface area contributed by atoms with Crippen LogP contribution in [0.2, 0.25) is 0 Å². The Morgan fingerprint density at radius 1 is 1.00 bits per heavy atom. The van der Waals surface area contributed by atoms with Crippen molar-refractivity contribution in [2.45, 2.75) is 33.1 Å². The van der Waals surface area contributed by atoms with E-state index in [2.05, 4.69) is 42.0 Å².